The molecule has 1 aliphatic heterocycles. The average molecular weight is 387 g/mol. The smallest absolute Gasteiger partial charge is 0.224 e. The topological polar surface area (TPSA) is 25.2 Å². The van der Waals surface area contributed by atoms with Crippen molar-refractivity contribution in [3.05, 3.63) is 95.8 Å². The Balaban J connectivity index is 1.63. The van der Waals surface area contributed by atoms with E-state index in [2.05, 4.69) is 83.4 Å². The Bertz CT molecular complexity index is 877. The molecule has 1 amide bonds. The van der Waals surface area contributed by atoms with Crippen LogP contribution in [0.25, 0.3) is 0 Å². The molecule has 0 N–H and O–H groups in total. The fraction of sp³-hybridized carbons (Fsp3) is 0.346. The highest BCUT2D eigenvalue weighted by molar-refractivity contribution is 5.78. The molecule has 1 fully saturated rings. The second-order valence-corrected chi connectivity index (χ2v) is 8.07. The molecule has 150 valence electrons. The predicted molar refractivity (Wildman–Crippen MR) is 118 cm³/mol. The lowest BCUT2D eigenvalue weighted by Gasteiger charge is -2.32. The van der Waals surface area contributed by atoms with Gasteiger partial charge >= 0.3 is 0 Å². The molecule has 0 radical (unpaired) electrons. The molecule has 3 nitrogen and oxygen atoms in total. The molecule has 1 aliphatic rings. The molecule has 0 spiro atoms. The zero-order valence-electron chi connectivity index (χ0n) is 17.2. The van der Waals surface area contributed by atoms with Crippen molar-refractivity contribution in [2.45, 2.75) is 44.1 Å². The molecule has 3 aromatic rings. The van der Waals surface area contributed by atoms with Gasteiger partial charge in [-0.15, -0.1) is 0 Å². The lowest BCUT2D eigenvalue weighted by molar-refractivity contribution is -0.134. The third-order valence-corrected chi connectivity index (χ3v) is 6.18. The SMILES string of the molecule is Cn1cccc1C1CCCCCN1C(=O)CC(c1ccccc1)c1ccccc1. The number of carbonyl (C=O) groups is 1. The molecular formula is C26H30N2O. The average Bonchev–Trinajstić information content (AvgIpc) is 3.04. The molecule has 1 aromatic heterocycles. The van der Waals surface area contributed by atoms with Gasteiger partial charge in [-0.05, 0) is 36.1 Å². The van der Waals surface area contributed by atoms with E-state index < -0.39 is 0 Å². The van der Waals surface area contributed by atoms with Crippen LogP contribution in [0.2, 0.25) is 0 Å². The maximum Gasteiger partial charge on any atom is 0.224 e. The fourth-order valence-electron chi connectivity index (χ4n) is 4.63. The summed E-state index contributed by atoms with van der Waals surface area (Å²) in [5.74, 6) is 0.345. The lowest BCUT2D eigenvalue weighted by Crippen LogP contribution is -2.36. The van der Waals surface area contributed by atoms with Gasteiger partial charge in [0.1, 0.15) is 0 Å². The van der Waals surface area contributed by atoms with Gasteiger partial charge in [0.2, 0.25) is 5.91 Å². The maximum atomic E-state index is 13.6. The van der Waals surface area contributed by atoms with E-state index in [-0.39, 0.29) is 17.9 Å². The molecule has 1 unspecified atom stereocenters. The number of aryl methyl sites for hydroxylation is 1. The molecular weight excluding hydrogens is 356 g/mol. The van der Waals surface area contributed by atoms with Gasteiger partial charge in [-0.3, -0.25) is 4.79 Å². The van der Waals surface area contributed by atoms with Crippen LogP contribution in [-0.2, 0) is 11.8 Å². The highest BCUT2D eigenvalue weighted by Crippen LogP contribution is 2.34. The Hall–Kier alpha value is -2.81. The van der Waals surface area contributed by atoms with Crippen LogP contribution in [0.3, 0.4) is 0 Å². The van der Waals surface area contributed by atoms with Crippen LogP contribution in [0.1, 0.15) is 60.9 Å². The van der Waals surface area contributed by atoms with Crippen molar-refractivity contribution < 1.29 is 4.79 Å². The van der Waals surface area contributed by atoms with Gasteiger partial charge in [-0.2, -0.15) is 0 Å². The molecule has 1 atom stereocenters. The zero-order chi connectivity index (χ0) is 20.1. The fourth-order valence-corrected chi connectivity index (χ4v) is 4.63. The van der Waals surface area contributed by atoms with Crippen LogP contribution in [0.15, 0.2) is 79.0 Å². The Labute approximate surface area is 174 Å². The summed E-state index contributed by atoms with van der Waals surface area (Å²) in [4.78, 5) is 15.8. The number of hydrogen-bond donors (Lipinski definition) is 0. The van der Waals surface area contributed by atoms with Crippen LogP contribution >= 0.6 is 0 Å². The Morgan fingerprint density at radius 3 is 2.14 bits per heavy atom. The molecule has 1 saturated heterocycles. The summed E-state index contributed by atoms with van der Waals surface area (Å²) in [6.07, 6.45) is 7.11. The van der Waals surface area contributed by atoms with Crippen molar-refractivity contribution >= 4 is 5.91 Å². The van der Waals surface area contributed by atoms with Crippen LogP contribution < -0.4 is 0 Å². The molecule has 4 rings (SSSR count). The van der Waals surface area contributed by atoms with Gasteiger partial charge in [-0.1, -0.05) is 73.5 Å². The zero-order valence-corrected chi connectivity index (χ0v) is 17.2. The van der Waals surface area contributed by atoms with Gasteiger partial charge in [0.25, 0.3) is 0 Å². The number of hydrogen-bond acceptors (Lipinski definition) is 1. The van der Waals surface area contributed by atoms with Gasteiger partial charge in [-0.25, -0.2) is 0 Å². The third kappa shape index (κ3) is 4.45. The van der Waals surface area contributed by atoms with Crippen molar-refractivity contribution in [1.82, 2.24) is 9.47 Å². The molecule has 2 aromatic carbocycles. The van der Waals surface area contributed by atoms with E-state index in [1.807, 2.05) is 12.1 Å². The van der Waals surface area contributed by atoms with Crippen molar-refractivity contribution in [3.63, 3.8) is 0 Å². The van der Waals surface area contributed by atoms with E-state index in [0.29, 0.717) is 6.42 Å². The Morgan fingerprint density at radius 1 is 0.897 bits per heavy atom. The normalized spacial score (nSPS) is 17.3. The van der Waals surface area contributed by atoms with E-state index in [0.717, 1.165) is 19.4 Å². The summed E-state index contributed by atoms with van der Waals surface area (Å²) in [7, 11) is 2.08. The number of carbonyl (C=O) groups excluding carboxylic acids is 1. The van der Waals surface area contributed by atoms with Crippen molar-refractivity contribution in [2.75, 3.05) is 6.54 Å². The summed E-state index contributed by atoms with van der Waals surface area (Å²) in [5, 5.41) is 0. The summed E-state index contributed by atoms with van der Waals surface area (Å²) in [6.45, 7) is 0.852. The highest BCUT2D eigenvalue weighted by atomic mass is 16.2. The molecule has 29 heavy (non-hydrogen) atoms. The molecule has 0 saturated carbocycles. The monoisotopic (exact) mass is 386 g/mol. The second kappa shape index (κ2) is 9.13. The molecule has 2 heterocycles. The van der Waals surface area contributed by atoms with Gasteiger partial charge < -0.3 is 9.47 Å². The first-order chi connectivity index (χ1) is 14.2. The van der Waals surface area contributed by atoms with Crippen molar-refractivity contribution in [2.24, 2.45) is 7.05 Å². The second-order valence-electron chi connectivity index (χ2n) is 8.07. The van der Waals surface area contributed by atoms with Crippen molar-refractivity contribution in [3.8, 4) is 0 Å². The van der Waals surface area contributed by atoms with Crippen molar-refractivity contribution in [1.29, 1.82) is 0 Å². The third-order valence-electron chi connectivity index (χ3n) is 6.18. The largest absolute Gasteiger partial charge is 0.353 e. The first-order valence-corrected chi connectivity index (χ1v) is 10.7. The first kappa shape index (κ1) is 19.5. The summed E-state index contributed by atoms with van der Waals surface area (Å²) in [6, 6.07) is 25.3. The quantitative estimate of drug-likeness (QED) is 0.553. The highest BCUT2D eigenvalue weighted by Gasteiger charge is 2.30. The molecule has 0 bridgehead atoms. The number of likely N-dealkylation sites (tertiary alicyclic amines) is 1. The number of nitrogens with zero attached hydrogens (tertiary/aromatic N) is 2. The minimum atomic E-state index is 0.0854. The lowest BCUT2D eigenvalue weighted by atomic mass is 9.88. The Morgan fingerprint density at radius 2 is 1.55 bits per heavy atom. The van der Waals surface area contributed by atoms with E-state index in [1.54, 1.807) is 0 Å². The summed E-state index contributed by atoms with van der Waals surface area (Å²) >= 11 is 0. The number of benzene rings is 2. The van der Waals surface area contributed by atoms with Gasteiger partial charge in [0.05, 0.1) is 6.04 Å². The standard InChI is InChI=1S/C26H30N2O/c1-27-18-11-17-24(27)25-16-9-4-10-19-28(25)26(29)20-23(21-12-5-2-6-13-21)22-14-7-3-8-15-22/h2-3,5-8,11-15,17-18,23,25H,4,9-10,16,19-20H2,1H3. The van der Waals surface area contributed by atoms with Gasteiger partial charge in [0, 0.05) is 37.8 Å². The minimum absolute atomic E-state index is 0.0854. The number of rotatable bonds is 5. The van der Waals surface area contributed by atoms with Crippen LogP contribution in [0.5, 0.6) is 0 Å². The summed E-state index contributed by atoms with van der Waals surface area (Å²) in [5.41, 5.74) is 3.66. The number of aromatic nitrogens is 1. The number of amides is 1. The minimum Gasteiger partial charge on any atom is -0.353 e. The van der Waals surface area contributed by atoms with E-state index in [4.69, 9.17) is 0 Å². The molecule has 3 heteroatoms. The first-order valence-electron chi connectivity index (χ1n) is 10.7. The van der Waals surface area contributed by atoms with Crippen LogP contribution in [-0.4, -0.2) is 21.9 Å². The van der Waals surface area contributed by atoms with E-state index >= 15 is 0 Å². The van der Waals surface area contributed by atoms with Gasteiger partial charge in [0.15, 0.2) is 0 Å². The summed E-state index contributed by atoms with van der Waals surface area (Å²) < 4.78 is 2.17. The van der Waals surface area contributed by atoms with Crippen LogP contribution in [0.4, 0.5) is 0 Å². The van der Waals surface area contributed by atoms with Crippen LogP contribution in [0, 0.1) is 0 Å². The Kier molecular flexibility index (Phi) is 6.14. The van der Waals surface area contributed by atoms with E-state index in [9.17, 15) is 4.79 Å². The maximum absolute atomic E-state index is 13.6. The molecule has 0 aliphatic carbocycles. The van der Waals surface area contributed by atoms with E-state index in [1.165, 1.54) is 29.7 Å². The predicted octanol–water partition coefficient (Wildman–Crippen LogP) is 5.69.